The monoisotopic (exact) mass is 893 g/mol. The highest BCUT2D eigenvalue weighted by Gasteiger charge is 2.42. The summed E-state index contributed by atoms with van der Waals surface area (Å²) in [5.41, 5.74) is 1.33. The third-order valence-corrected chi connectivity index (χ3v) is 11.0. The first-order valence-corrected chi connectivity index (χ1v) is 23.2. The van der Waals surface area contributed by atoms with E-state index < -0.39 is 24.2 Å². The second-order valence-corrected chi connectivity index (χ2v) is 18.1. The van der Waals surface area contributed by atoms with Gasteiger partial charge in [-0.25, -0.2) is 0 Å². The molecule has 14 nitrogen and oxygen atoms in total. The van der Waals surface area contributed by atoms with Crippen molar-refractivity contribution in [2.24, 2.45) is 17.8 Å². The first-order valence-electron chi connectivity index (χ1n) is 23.2. The molecule has 1 aliphatic rings. The van der Waals surface area contributed by atoms with E-state index in [0.29, 0.717) is 25.4 Å². The molecule has 3 N–H and O–H groups in total. The van der Waals surface area contributed by atoms with Gasteiger partial charge in [-0.2, -0.15) is 0 Å². The minimum Gasteiger partial charge on any atom is -0.379 e. The molecule has 1 saturated heterocycles. The number of benzene rings is 1. The van der Waals surface area contributed by atoms with E-state index in [1.54, 1.807) is 23.8 Å². The van der Waals surface area contributed by atoms with Crippen LogP contribution in [0.2, 0.25) is 0 Å². The topological polar surface area (TPSA) is 159 Å². The molecule has 0 aromatic heterocycles. The Balaban J connectivity index is 0. The lowest BCUT2D eigenvalue weighted by Gasteiger charge is -2.39. The van der Waals surface area contributed by atoms with Crippen LogP contribution < -0.4 is 16.0 Å². The van der Waals surface area contributed by atoms with Gasteiger partial charge in [-0.1, -0.05) is 97.2 Å². The van der Waals surface area contributed by atoms with Gasteiger partial charge in [0, 0.05) is 27.8 Å². The van der Waals surface area contributed by atoms with E-state index in [4.69, 9.17) is 14.2 Å². The number of likely N-dealkylation sites (N-methyl/N-ethyl adjacent to an activating group) is 2. The standard InChI is InChI=1S/C30H55N5O7.C9H21NO.C7H8.C3H8/c1-11-20(4)27(34(8)25(38)18-32-30(40)26(19(2)3)33(6)7)23(41-9)17-24(37)35-15-12-13-22(35)28(42-10)21(5)29(39)31-14-16-36;1-8(2)11-9(3,4)6-7-10-5;1-7-5-3-2-4-6-7;1-3-2/h16,19-23,26-28H,11-15,17-18H2,1-10H3,(H,31,39)(H,32,40);8,10H,6-7H2,1-5H3;2-6H,1H3;3H2,1-2H3/t20?,21?,22-,23?,26?,27?,28?;;;/m0.../s1. The Morgan fingerprint density at radius 1 is 0.921 bits per heavy atom. The second-order valence-electron chi connectivity index (χ2n) is 18.1. The van der Waals surface area contributed by atoms with Crippen LogP contribution in [0.5, 0.6) is 0 Å². The van der Waals surface area contributed by atoms with E-state index in [9.17, 15) is 24.0 Å². The highest BCUT2D eigenvalue weighted by Crippen LogP contribution is 2.29. The van der Waals surface area contributed by atoms with Crippen molar-refractivity contribution in [1.29, 1.82) is 0 Å². The molecule has 7 atom stereocenters. The van der Waals surface area contributed by atoms with E-state index in [0.717, 1.165) is 25.8 Å². The Kier molecular flexibility index (Phi) is 33.3. The predicted molar refractivity (Wildman–Crippen MR) is 257 cm³/mol. The lowest BCUT2D eigenvalue weighted by atomic mass is 9.90. The number of ether oxygens (including phenoxy) is 3. The molecule has 63 heavy (non-hydrogen) atoms. The molecule has 0 radical (unpaired) electrons. The minimum absolute atomic E-state index is 0.0111. The maximum Gasteiger partial charge on any atom is 0.242 e. The summed E-state index contributed by atoms with van der Waals surface area (Å²) in [4.78, 5) is 68.3. The number of carbonyl (C=O) groups is 5. The molecule has 2 rings (SSSR count). The Morgan fingerprint density at radius 2 is 1.51 bits per heavy atom. The average molecular weight is 893 g/mol. The molecule has 1 aromatic carbocycles. The largest absolute Gasteiger partial charge is 0.379 e. The van der Waals surface area contributed by atoms with Crippen LogP contribution in [0, 0.1) is 24.7 Å². The van der Waals surface area contributed by atoms with Crippen molar-refractivity contribution in [3.8, 4) is 0 Å². The fourth-order valence-electron chi connectivity index (χ4n) is 7.81. The molecule has 6 unspecified atom stereocenters. The summed E-state index contributed by atoms with van der Waals surface area (Å²) in [6.07, 6.45) is 4.38. The lowest BCUT2D eigenvalue weighted by molar-refractivity contribution is -0.146. The van der Waals surface area contributed by atoms with Gasteiger partial charge in [-0.05, 0) is 93.4 Å². The molecule has 0 saturated carbocycles. The van der Waals surface area contributed by atoms with Crippen LogP contribution >= 0.6 is 0 Å². The van der Waals surface area contributed by atoms with Gasteiger partial charge in [0.15, 0.2) is 0 Å². The van der Waals surface area contributed by atoms with Gasteiger partial charge in [0.2, 0.25) is 23.6 Å². The molecule has 0 spiro atoms. The quantitative estimate of drug-likeness (QED) is 0.109. The summed E-state index contributed by atoms with van der Waals surface area (Å²) in [6, 6.07) is 9.19. The first kappa shape index (κ1) is 61.7. The van der Waals surface area contributed by atoms with E-state index in [-0.39, 0.29) is 72.7 Å². The van der Waals surface area contributed by atoms with Crippen molar-refractivity contribution in [3.05, 3.63) is 35.9 Å². The second kappa shape index (κ2) is 34.0. The van der Waals surface area contributed by atoms with Gasteiger partial charge in [0.25, 0.3) is 0 Å². The zero-order valence-electron chi connectivity index (χ0n) is 42.8. The van der Waals surface area contributed by atoms with Crippen molar-refractivity contribution in [3.63, 3.8) is 0 Å². The van der Waals surface area contributed by atoms with E-state index >= 15 is 0 Å². The third kappa shape index (κ3) is 24.4. The minimum atomic E-state index is -0.585. The number of nitrogens with one attached hydrogen (secondary N) is 3. The number of rotatable bonds is 23. The van der Waals surface area contributed by atoms with Crippen molar-refractivity contribution in [1.82, 2.24) is 30.7 Å². The molecule has 1 fully saturated rings. The molecule has 1 aliphatic heterocycles. The summed E-state index contributed by atoms with van der Waals surface area (Å²) in [6.45, 7) is 25.7. The Morgan fingerprint density at radius 3 is 1.94 bits per heavy atom. The van der Waals surface area contributed by atoms with Crippen LogP contribution in [0.3, 0.4) is 0 Å². The van der Waals surface area contributed by atoms with Gasteiger partial charge < -0.3 is 44.8 Å². The number of aryl methyl sites for hydroxylation is 1. The number of hydrogen-bond acceptors (Lipinski definition) is 10. The van der Waals surface area contributed by atoms with Crippen molar-refractivity contribution < 1.29 is 38.2 Å². The SMILES string of the molecule is CCC.CCC(C)C(C(CC(=O)N1CCC[C@H]1C(OC)C(C)C(=O)NCC=O)OC)N(C)C(=O)CNC(=O)C(C(C)C)N(C)C.CNCCC(C)(C)OC(C)C.Cc1ccccc1. The first-order chi connectivity index (χ1) is 29.5. The van der Waals surface area contributed by atoms with Crippen LogP contribution in [0.15, 0.2) is 30.3 Å². The molecular weight excluding hydrogens is 801 g/mol. The summed E-state index contributed by atoms with van der Waals surface area (Å²) < 4.78 is 17.3. The fraction of sp³-hybridized carbons (Fsp3) is 0.776. The zero-order valence-corrected chi connectivity index (χ0v) is 42.8. The van der Waals surface area contributed by atoms with E-state index in [1.807, 2.05) is 71.9 Å². The number of amides is 4. The Hall–Kier alpha value is -3.43. The maximum atomic E-state index is 13.7. The molecule has 4 amide bonds. The normalized spacial score (nSPS) is 16.5. The molecule has 1 aromatic rings. The van der Waals surface area contributed by atoms with Crippen molar-refractivity contribution in [2.45, 2.75) is 164 Å². The van der Waals surface area contributed by atoms with Crippen LogP contribution in [-0.2, 0) is 38.2 Å². The summed E-state index contributed by atoms with van der Waals surface area (Å²) in [7, 11) is 10.4. The zero-order chi connectivity index (χ0) is 48.9. The third-order valence-electron chi connectivity index (χ3n) is 11.0. The lowest BCUT2D eigenvalue weighted by Crippen LogP contribution is -2.55. The van der Waals surface area contributed by atoms with Crippen molar-refractivity contribution >= 4 is 29.9 Å². The van der Waals surface area contributed by atoms with E-state index in [1.165, 1.54) is 26.2 Å². The van der Waals surface area contributed by atoms with Gasteiger partial charge in [-0.3, -0.25) is 24.1 Å². The number of methoxy groups -OCH3 is 2. The van der Waals surface area contributed by atoms with Crippen LogP contribution in [-0.4, -0.2) is 155 Å². The Bertz CT molecular complexity index is 1390. The average Bonchev–Trinajstić information content (AvgIpc) is 3.71. The molecule has 1 heterocycles. The van der Waals surface area contributed by atoms with Gasteiger partial charge in [0.1, 0.15) is 6.29 Å². The molecular formula is C49H92N6O8. The highest BCUT2D eigenvalue weighted by atomic mass is 16.5. The Labute approximate surface area is 383 Å². The summed E-state index contributed by atoms with van der Waals surface area (Å²) in [5, 5.41) is 8.47. The number of nitrogens with zero attached hydrogens (tertiary/aromatic N) is 3. The predicted octanol–water partition coefficient (Wildman–Crippen LogP) is 6.14. The number of hydrogen-bond donors (Lipinski definition) is 3. The summed E-state index contributed by atoms with van der Waals surface area (Å²) in [5.74, 6) is -1.40. The maximum absolute atomic E-state index is 13.7. The van der Waals surface area contributed by atoms with Crippen LogP contribution in [0.1, 0.15) is 120 Å². The molecule has 366 valence electrons. The highest BCUT2D eigenvalue weighted by molar-refractivity contribution is 5.87. The summed E-state index contributed by atoms with van der Waals surface area (Å²) >= 11 is 0. The van der Waals surface area contributed by atoms with E-state index in [2.05, 4.69) is 76.5 Å². The number of aldehydes is 1. The van der Waals surface area contributed by atoms with Crippen molar-refractivity contribution in [2.75, 3.05) is 68.6 Å². The molecule has 0 aliphatic carbocycles. The molecule has 14 heteroatoms. The number of carbonyl (C=O) groups excluding carboxylic acids is 5. The van der Waals surface area contributed by atoms with Gasteiger partial charge in [0.05, 0.1) is 67.5 Å². The van der Waals surface area contributed by atoms with Gasteiger partial charge >= 0.3 is 0 Å². The van der Waals surface area contributed by atoms with Gasteiger partial charge in [-0.15, -0.1) is 0 Å². The molecule has 0 bridgehead atoms. The number of likely N-dealkylation sites (tertiary alicyclic amines) is 1. The smallest absolute Gasteiger partial charge is 0.242 e. The van der Waals surface area contributed by atoms with Crippen LogP contribution in [0.25, 0.3) is 0 Å². The fourth-order valence-corrected chi connectivity index (χ4v) is 7.81. The van der Waals surface area contributed by atoms with Crippen LogP contribution in [0.4, 0.5) is 0 Å².